The van der Waals surface area contributed by atoms with E-state index in [0.29, 0.717) is 13.0 Å². The molecular formula is C59H116O12S. The van der Waals surface area contributed by atoms with Gasteiger partial charge in [0.1, 0.15) is 30.5 Å². The van der Waals surface area contributed by atoms with Crippen molar-refractivity contribution in [1.29, 1.82) is 0 Å². The Labute approximate surface area is 443 Å². The summed E-state index contributed by atoms with van der Waals surface area (Å²) in [6.07, 6.45) is 50.1. The first-order chi connectivity index (χ1) is 35.1. The molecule has 72 heavy (non-hydrogen) atoms. The van der Waals surface area contributed by atoms with E-state index in [9.17, 15) is 33.1 Å². The van der Waals surface area contributed by atoms with Gasteiger partial charge in [0.2, 0.25) is 0 Å². The number of aliphatic hydroxyl groups excluding tert-OH is 3. The molecule has 0 aromatic rings. The SMILES string of the molecule is CCCCCCCCCCCCCCCCCCCCCCCCCOCC(COC1OC(CO)C(O)C(OS(=O)(=O)O)C1O)OC(=O)CCCCCCCCCCCCCCCCCCCCCCCC. The molecule has 1 aliphatic rings. The summed E-state index contributed by atoms with van der Waals surface area (Å²) in [5, 5.41) is 30.9. The number of unbranched alkanes of at least 4 members (excludes halogenated alkanes) is 43. The van der Waals surface area contributed by atoms with Gasteiger partial charge in [-0.25, -0.2) is 4.18 Å². The average molecular weight is 1050 g/mol. The molecule has 0 aliphatic carbocycles. The molecule has 0 saturated carbocycles. The summed E-state index contributed by atoms with van der Waals surface area (Å²) in [4.78, 5) is 13.0. The third-order valence-corrected chi connectivity index (χ3v) is 15.2. The lowest BCUT2D eigenvalue weighted by Gasteiger charge is -2.41. The molecule has 4 N–H and O–H groups in total. The first-order valence-corrected chi connectivity index (χ1v) is 32.2. The van der Waals surface area contributed by atoms with Crippen LogP contribution in [-0.4, -0.2) is 97.5 Å². The maximum Gasteiger partial charge on any atom is 0.397 e. The van der Waals surface area contributed by atoms with Gasteiger partial charge in [-0.2, -0.15) is 8.42 Å². The van der Waals surface area contributed by atoms with Crippen LogP contribution < -0.4 is 0 Å². The molecule has 1 rings (SSSR count). The predicted molar refractivity (Wildman–Crippen MR) is 295 cm³/mol. The molecule has 0 amide bonds. The first kappa shape index (κ1) is 69.1. The Morgan fingerprint density at radius 1 is 0.472 bits per heavy atom. The van der Waals surface area contributed by atoms with Crippen LogP contribution >= 0.6 is 0 Å². The number of rotatable bonds is 56. The summed E-state index contributed by atoms with van der Waals surface area (Å²) in [5.74, 6) is -0.388. The van der Waals surface area contributed by atoms with Crippen LogP contribution in [0.3, 0.4) is 0 Å². The van der Waals surface area contributed by atoms with Crippen molar-refractivity contribution in [2.75, 3.05) is 26.4 Å². The van der Waals surface area contributed by atoms with E-state index in [-0.39, 0.29) is 25.6 Å². The molecule has 12 nitrogen and oxygen atoms in total. The van der Waals surface area contributed by atoms with Gasteiger partial charge in [-0.05, 0) is 12.8 Å². The van der Waals surface area contributed by atoms with Gasteiger partial charge in [-0.15, -0.1) is 0 Å². The lowest BCUT2D eigenvalue weighted by molar-refractivity contribution is -0.301. The lowest BCUT2D eigenvalue weighted by atomic mass is 9.99. The summed E-state index contributed by atoms with van der Waals surface area (Å²) in [5.41, 5.74) is 0. The number of aliphatic hydroxyl groups is 3. The van der Waals surface area contributed by atoms with Gasteiger partial charge in [0, 0.05) is 13.0 Å². The van der Waals surface area contributed by atoms with Crippen LogP contribution in [0, 0.1) is 0 Å². The number of ether oxygens (including phenoxy) is 4. The molecule has 6 atom stereocenters. The molecule has 0 aromatic carbocycles. The average Bonchev–Trinajstić information content (AvgIpc) is 3.36. The second-order valence-electron chi connectivity index (χ2n) is 21.7. The van der Waals surface area contributed by atoms with Crippen LogP contribution in [0.5, 0.6) is 0 Å². The minimum absolute atomic E-state index is 0.0459. The Kier molecular flexibility index (Phi) is 48.9. The minimum Gasteiger partial charge on any atom is -0.457 e. The van der Waals surface area contributed by atoms with Crippen LogP contribution in [0.1, 0.15) is 309 Å². The molecule has 1 heterocycles. The van der Waals surface area contributed by atoms with E-state index < -0.39 is 53.8 Å². The van der Waals surface area contributed by atoms with Gasteiger partial charge in [-0.1, -0.05) is 290 Å². The van der Waals surface area contributed by atoms with Crippen LogP contribution in [0.15, 0.2) is 0 Å². The molecule has 0 spiro atoms. The zero-order valence-electron chi connectivity index (χ0n) is 46.8. The number of hydrogen-bond acceptors (Lipinski definition) is 11. The van der Waals surface area contributed by atoms with Crippen molar-refractivity contribution >= 4 is 16.4 Å². The van der Waals surface area contributed by atoms with Crippen LogP contribution in [-0.2, 0) is 38.3 Å². The molecule has 1 aliphatic heterocycles. The standard InChI is InChI=1S/C59H116O12S/c1-3-5-7-9-11-13-15-17-19-21-23-25-27-29-31-33-35-37-39-41-43-45-47-49-67-51-53(52-68-59-57(63)58(71-72(64,65)66)56(62)54(50-60)70-59)69-55(61)48-46-44-42-40-38-36-34-32-30-28-26-24-22-20-18-16-14-12-10-8-6-4-2/h53-54,56-60,62-63H,3-52H2,1-2H3,(H,64,65,66). The highest BCUT2D eigenvalue weighted by atomic mass is 32.3. The summed E-state index contributed by atoms with van der Waals surface area (Å²) in [6.45, 7) is 4.09. The van der Waals surface area contributed by atoms with E-state index in [1.54, 1.807) is 0 Å². The van der Waals surface area contributed by atoms with E-state index in [1.165, 1.54) is 244 Å². The second-order valence-corrected chi connectivity index (χ2v) is 22.7. The normalized spacial score (nSPS) is 18.8. The number of esters is 1. The van der Waals surface area contributed by atoms with Gasteiger partial charge >= 0.3 is 16.4 Å². The van der Waals surface area contributed by atoms with Crippen molar-refractivity contribution in [3.63, 3.8) is 0 Å². The van der Waals surface area contributed by atoms with Gasteiger partial charge in [0.25, 0.3) is 0 Å². The highest BCUT2D eigenvalue weighted by Gasteiger charge is 2.48. The van der Waals surface area contributed by atoms with Gasteiger partial charge in [0.15, 0.2) is 6.29 Å². The first-order valence-electron chi connectivity index (χ1n) is 30.8. The number of carbonyl (C=O) groups is 1. The van der Waals surface area contributed by atoms with E-state index in [1.807, 2.05) is 0 Å². The molecule has 1 saturated heterocycles. The third kappa shape index (κ3) is 43.2. The molecule has 1 fully saturated rings. The number of hydrogen-bond donors (Lipinski definition) is 4. The fraction of sp³-hybridized carbons (Fsp3) is 0.983. The largest absolute Gasteiger partial charge is 0.457 e. The number of carbonyl (C=O) groups excluding carboxylic acids is 1. The molecule has 13 heteroatoms. The molecule has 0 aromatic heterocycles. The van der Waals surface area contributed by atoms with Crippen molar-refractivity contribution in [1.82, 2.24) is 0 Å². The summed E-state index contributed by atoms with van der Waals surface area (Å²) in [6, 6.07) is 0. The van der Waals surface area contributed by atoms with E-state index in [2.05, 4.69) is 18.0 Å². The van der Waals surface area contributed by atoms with Crippen LogP contribution in [0.2, 0.25) is 0 Å². The Hall–Kier alpha value is -0.900. The highest BCUT2D eigenvalue weighted by Crippen LogP contribution is 2.26. The Morgan fingerprint density at radius 3 is 1.11 bits per heavy atom. The predicted octanol–water partition coefficient (Wildman–Crippen LogP) is 15.5. The van der Waals surface area contributed by atoms with Crippen LogP contribution in [0.25, 0.3) is 0 Å². The van der Waals surface area contributed by atoms with E-state index in [0.717, 1.165) is 38.5 Å². The monoisotopic (exact) mass is 1050 g/mol. The maximum atomic E-state index is 13.0. The van der Waals surface area contributed by atoms with Gasteiger partial charge in [-0.3, -0.25) is 9.35 Å². The van der Waals surface area contributed by atoms with Crippen molar-refractivity contribution in [2.45, 2.75) is 346 Å². The molecule has 6 unspecified atom stereocenters. The smallest absolute Gasteiger partial charge is 0.397 e. The Bertz CT molecular complexity index is 1260. The topological polar surface area (TPSA) is 178 Å². The molecule has 430 valence electrons. The van der Waals surface area contributed by atoms with Crippen molar-refractivity contribution in [2.24, 2.45) is 0 Å². The minimum atomic E-state index is -5.06. The Morgan fingerprint density at radius 2 is 0.792 bits per heavy atom. The van der Waals surface area contributed by atoms with Gasteiger partial charge < -0.3 is 34.3 Å². The quantitative estimate of drug-likeness (QED) is 0.0258. The van der Waals surface area contributed by atoms with Crippen molar-refractivity contribution in [3.05, 3.63) is 0 Å². The highest BCUT2D eigenvalue weighted by molar-refractivity contribution is 7.80. The van der Waals surface area contributed by atoms with Gasteiger partial charge in [0.05, 0.1) is 19.8 Å². The zero-order valence-corrected chi connectivity index (χ0v) is 47.6. The third-order valence-electron chi connectivity index (χ3n) is 14.7. The van der Waals surface area contributed by atoms with E-state index >= 15 is 0 Å². The molecular weight excluding hydrogens is 933 g/mol. The van der Waals surface area contributed by atoms with Crippen LogP contribution in [0.4, 0.5) is 0 Å². The Balaban J connectivity index is 2.24. The lowest BCUT2D eigenvalue weighted by Crippen LogP contribution is -2.60. The van der Waals surface area contributed by atoms with E-state index in [4.69, 9.17) is 18.9 Å². The summed E-state index contributed by atoms with van der Waals surface area (Å²) in [7, 11) is -5.06. The summed E-state index contributed by atoms with van der Waals surface area (Å²) < 4.78 is 59.5. The zero-order chi connectivity index (χ0) is 52.4. The van der Waals surface area contributed by atoms with Crippen molar-refractivity contribution < 1.29 is 56.2 Å². The van der Waals surface area contributed by atoms with Crippen molar-refractivity contribution in [3.8, 4) is 0 Å². The molecule has 0 radical (unpaired) electrons. The fourth-order valence-electron chi connectivity index (χ4n) is 10.1. The maximum absolute atomic E-state index is 13.0. The fourth-order valence-corrected chi connectivity index (χ4v) is 10.6. The molecule has 0 bridgehead atoms. The summed E-state index contributed by atoms with van der Waals surface area (Å²) >= 11 is 0. The second kappa shape index (κ2) is 50.9.